The van der Waals surface area contributed by atoms with Gasteiger partial charge in [-0.15, -0.1) is 0 Å². The lowest BCUT2D eigenvalue weighted by atomic mass is 9.43. The molecule has 0 amide bonds. The Labute approximate surface area is 354 Å². The van der Waals surface area contributed by atoms with Gasteiger partial charge in [-0.05, 0) is 87.9 Å². The van der Waals surface area contributed by atoms with E-state index in [1.54, 1.807) is 6.92 Å². The first-order valence-electron chi connectivity index (χ1n) is 22.3. The number of rotatable bonds is 9. The fraction of sp³-hybridized carbons (Fsp3) is 0.976. The smallest absolute Gasteiger partial charge is 0.308 e. The first-order chi connectivity index (χ1) is 29.0. The quantitative estimate of drug-likeness (QED) is 0.0892. The third-order valence-corrected chi connectivity index (χ3v) is 17.3. The third-order valence-electron chi connectivity index (χ3n) is 17.3. The molecule has 19 heteroatoms. The Hall–Kier alpha value is -1.21. The summed E-state index contributed by atoms with van der Waals surface area (Å²) >= 11 is 0. The molecule has 9 aliphatic rings. The Kier molecular flexibility index (Phi) is 12.2. The number of fused-ring (bicyclic) bond motifs is 5. The number of esters is 1. The predicted molar refractivity (Wildman–Crippen MR) is 203 cm³/mol. The van der Waals surface area contributed by atoms with Crippen molar-refractivity contribution in [3.63, 3.8) is 0 Å². The molecule has 2 spiro atoms. The number of cyclic esters (lactones) is 1. The van der Waals surface area contributed by atoms with Crippen molar-refractivity contribution in [2.24, 2.45) is 34.5 Å². The van der Waals surface area contributed by atoms with E-state index in [9.17, 15) is 50.8 Å². The van der Waals surface area contributed by atoms with Crippen LogP contribution in [-0.4, -0.2) is 195 Å². The first kappa shape index (κ1) is 45.0. The van der Waals surface area contributed by atoms with Crippen LogP contribution in [0.4, 0.5) is 0 Å². The van der Waals surface area contributed by atoms with Gasteiger partial charge in [0.1, 0.15) is 79.4 Å². The molecule has 9 fully saturated rings. The molecular formula is C42H66O19. The molecule has 61 heavy (non-hydrogen) atoms. The molecule has 0 radical (unpaired) electrons. The maximum Gasteiger partial charge on any atom is 0.308 e. The monoisotopic (exact) mass is 874 g/mol. The Balaban J connectivity index is 0.811. The zero-order chi connectivity index (χ0) is 43.4. The zero-order valence-electron chi connectivity index (χ0n) is 35.1. The minimum absolute atomic E-state index is 0.00811. The molecule has 0 unspecified atom stereocenters. The second kappa shape index (κ2) is 16.6. The van der Waals surface area contributed by atoms with Crippen molar-refractivity contribution < 1.29 is 93.4 Å². The van der Waals surface area contributed by atoms with Crippen LogP contribution in [0, 0.1) is 34.5 Å². The lowest BCUT2D eigenvalue weighted by molar-refractivity contribution is -0.367. The van der Waals surface area contributed by atoms with E-state index in [4.69, 9.17) is 42.6 Å². The molecule has 0 aromatic heterocycles. The van der Waals surface area contributed by atoms with Gasteiger partial charge in [0.05, 0.1) is 44.1 Å². The van der Waals surface area contributed by atoms with Crippen LogP contribution in [0.1, 0.15) is 78.1 Å². The fourth-order valence-electron chi connectivity index (χ4n) is 13.9. The molecule has 9 rings (SSSR count). The van der Waals surface area contributed by atoms with Crippen molar-refractivity contribution in [1.29, 1.82) is 0 Å². The fourth-order valence-corrected chi connectivity index (χ4v) is 13.9. The molecule has 19 nitrogen and oxygen atoms in total. The summed E-state index contributed by atoms with van der Waals surface area (Å²) in [4.78, 5) is 12.2. The van der Waals surface area contributed by atoms with Gasteiger partial charge in [0.15, 0.2) is 18.9 Å². The van der Waals surface area contributed by atoms with Gasteiger partial charge in [0, 0.05) is 18.4 Å². The van der Waals surface area contributed by atoms with Crippen molar-refractivity contribution in [2.45, 2.75) is 187 Å². The van der Waals surface area contributed by atoms with Gasteiger partial charge < -0.3 is 88.6 Å². The first-order valence-corrected chi connectivity index (χ1v) is 22.3. The highest BCUT2D eigenvalue weighted by molar-refractivity contribution is 5.73. The number of hydrogen-bond donors (Lipinski definition) is 9. The maximum atomic E-state index is 12.8. The van der Waals surface area contributed by atoms with Crippen LogP contribution in [0.5, 0.6) is 0 Å². The minimum atomic E-state index is -1.77. The van der Waals surface area contributed by atoms with Gasteiger partial charge in [0.2, 0.25) is 0 Å². The summed E-state index contributed by atoms with van der Waals surface area (Å²) in [6.07, 6.45) is -13.4. The van der Waals surface area contributed by atoms with E-state index in [1.165, 1.54) is 7.11 Å². The van der Waals surface area contributed by atoms with Gasteiger partial charge in [0.25, 0.3) is 0 Å². The number of ether oxygens (including phenoxy) is 9. The van der Waals surface area contributed by atoms with E-state index in [0.717, 1.165) is 57.8 Å². The Morgan fingerprint density at radius 3 is 2.13 bits per heavy atom. The van der Waals surface area contributed by atoms with Gasteiger partial charge >= 0.3 is 5.97 Å². The molecule has 4 aliphatic carbocycles. The number of carbonyl (C=O) groups excluding carboxylic acids is 1. The Morgan fingerprint density at radius 2 is 1.43 bits per heavy atom. The topological polar surface area (TPSA) is 282 Å². The molecule has 348 valence electrons. The van der Waals surface area contributed by atoms with Crippen LogP contribution in [0.3, 0.4) is 0 Å². The summed E-state index contributed by atoms with van der Waals surface area (Å²) in [5.74, 6) is 0.717. The van der Waals surface area contributed by atoms with Crippen molar-refractivity contribution in [1.82, 2.24) is 0 Å². The van der Waals surface area contributed by atoms with Gasteiger partial charge in [-0.3, -0.25) is 4.79 Å². The summed E-state index contributed by atoms with van der Waals surface area (Å²) in [6.45, 7) is 3.63. The standard InChI is InChI=1S/C42H66O19/c1-18-34(61-37-32(50)30(48)28(46)24(60-37)15-54-36-31(49)29(47)27(45)23(14-43)59-36)35(53-3)33(51)38(57-18)58-20-6-9-39(2)19(12-20)4-5-22-21(39)7-10-40-16-56-41(13-26(44)55-17-41)25(40)8-11-42(22,40)52/h18-25,27-38,43,45-52H,4-17H2,1-3H3/t18-,19+,20-,21-,22+,23+,24+,25-,27+,28+,29-,30-,31+,32+,33-,34-,35-,36+,37-,38-,39-,40-,41-,42-/m0/s1. The average Bonchev–Trinajstić information content (AvgIpc) is 3.89. The second-order valence-electron chi connectivity index (χ2n) is 20.0. The molecule has 24 atom stereocenters. The lowest BCUT2D eigenvalue weighted by Gasteiger charge is -2.63. The van der Waals surface area contributed by atoms with Gasteiger partial charge in [-0.25, -0.2) is 0 Å². The lowest BCUT2D eigenvalue weighted by Crippen LogP contribution is -2.65. The van der Waals surface area contributed by atoms with Crippen molar-refractivity contribution in [2.75, 3.05) is 33.5 Å². The van der Waals surface area contributed by atoms with E-state index >= 15 is 0 Å². The predicted octanol–water partition coefficient (Wildman–Crippen LogP) is -2.03. The van der Waals surface area contributed by atoms with Crippen LogP contribution in [0.25, 0.3) is 0 Å². The molecule has 4 saturated carbocycles. The highest BCUT2D eigenvalue weighted by Crippen LogP contribution is 2.73. The summed E-state index contributed by atoms with van der Waals surface area (Å²) in [5.41, 5.74) is -1.82. The molecule has 5 aliphatic heterocycles. The summed E-state index contributed by atoms with van der Waals surface area (Å²) in [7, 11) is 1.39. The highest BCUT2D eigenvalue weighted by Gasteiger charge is 2.76. The van der Waals surface area contributed by atoms with Crippen LogP contribution >= 0.6 is 0 Å². The Bertz CT molecular complexity index is 1590. The highest BCUT2D eigenvalue weighted by atomic mass is 16.8. The minimum Gasteiger partial charge on any atom is -0.462 e. The number of carbonyl (C=O) groups is 1. The molecule has 0 aromatic rings. The number of methoxy groups -OCH3 is 1. The summed E-state index contributed by atoms with van der Waals surface area (Å²) in [5, 5.41) is 96.9. The van der Waals surface area contributed by atoms with Crippen molar-refractivity contribution in [3.05, 3.63) is 0 Å². The molecule has 0 bridgehead atoms. The van der Waals surface area contributed by atoms with Gasteiger partial charge in [-0.1, -0.05) is 6.92 Å². The second-order valence-corrected chi connectivity index (χ2v) is 20.0. The van der Waals surface area contributed by atoms with Crippen LogP contribution < -0.4 is 0 Å². The molecule has 5 heterocycles. The number of aliphatic hydroxyl groups is 9. The normalized spacial score (nSPS) is 57.0. The van der Waals surface area contributed by atoms with Crippen LogP contribution in [0.15, 0.2) is 0 Å². The van der Waals surface area contributed by atoms with E-state index < -0.39 is 117 Å². The molecule has 5 saturated heterocycles. The van der Waals surface area contributed by atoms with Crippen LogP contribution in [-0.2, 0) is 47.4 Å². The Morgan fingerprint density at radius 1 is 0.721 bits per heavy atom. The van der Waals surface area contributed by atoms with Crippen LogP contribution in [0.2, 0.25) is 0 Å². The number of aliphatic hydroxyl groups excluding tert-OH is 8. The van der Waals surface area contributed by atoms with E-state index in [2.05, 4.69) is 6.92 Å². The number of hydrogen-bond acceptors (Lipinski definition) is 19. The largest absolute Gasteiger partial charge is 0.462 e. The van der Waals surface area contributed by atoms with Gasteiger partial charge in [-0.2, -0.15) is 0 Å². The molecular weight excluding hydrogens is 808 g/mol. The molecule has 9 N–H and O–H groups in total. The van der Waals surface area contributed by atoms with E-state index in [1.807, 2.05) is 0 Å². The zero-order valence-corrected chi connectivity index (χ0v) is 35.1. The summed E-state index contributed by atoms with van der Waals surface area (Å²) in [6, 6.07) is 0. The third kappa shape index (κ3) is 7.07. The van der Waals surface area contributed by atoms with E-state index in [0.29, 0.717) is 18.4 Å². The average molecular weight is 875 g/mol. The van der Waals surface area contributed by atoms with Crippen molar-refractivity contribution in [3.8, 4) is 0 Å². The molecule has 0 aromatic carbocycles. The summed E-state index contributed by atoms with van der Waals surface area (Å²) < 4.78 is 53.3. The SMILES string of the molecule is CO[C@H]1[C@H](O)[C@H](O[C@H]2CC[C@@]3(C)[C@H](CC[C@@H]4[C@@H]3CC[C@]35CO[C@@]6(COC(=O)C6)[C@H]3CC[C@]45O)C2)O[C@@H](C)[C@@H]1O[C@@H]1O[C@H](CO[C@@H]2O[C@H](CO)[C@@H](O)[C@H](O)[C@H]2O)[C@@H](O)[C@H](O)[C@H]1O. The maximum absolute atomic E-state index is 12.8. The van der Waals surface area contributed by atoms with E-state index in [-0.39, 0.29) is 47.8 Å². The van der Waals surface area contributed by atoms with Crippen molar-refractivity contribution >= 4 is 5.97 Å².